The first-order valence-electron chi connectivity index (χ1n) is 5.97. The summed E-state index contributed by atoms with van der Waals surface area (Å²) in [4.78, 5) is 0. The Balaban J connectivity index is 0.00000120. The first kappa shape index (κ1) is 12.9. The van der Waals surface area contributed by atoms with Crippen LogP contribution in [0.3, 0.4) is 0 Å². The van der Waals surface area contributed by atoms with E-state index >= 15 is 0 Å². The molecule has 0 atom stereocenters. The molecule has 18 heavy (non-hydrogen) atoms. The van der Waals surface area contributed by atoms with E-state index in [2.05, 4.69) is 68.8 Å². The molecule has 0 unspecified atom stereocenters. The summed E-state index contributed by atoms with van der Waals surface area (Å²) in [5.41, 5.74) is 7.96. The summed E-state index contributed by atoms with van der Waals surface area (Å²) in [6.45, 7) is 4.31. The van der Waals surface area contributed by atoms with E-state index in [0.29, 0.717) is 0 Å². The lowest BCUT2D eigenvalue weighted by molar-refractivity contribution is 1.39. The third-order valence-electron chi connectivity index (χ3n) is 3.26. The molecule has 0 aromatic heterocycles. The Labute approximate surface area is 115 Å². The van der Waals surface area contributed by atoms with E-state index in [1.807, 2.05) is 0 Å². The number of aryl methyl sites for hydroxylation is 2. The molecule has 91 valence electrons. The zero-order chi connectivity index (χ0) is 11.8. The zero-order valence-electron chi connectivity index (χ0n) is 10.6. The van der Waals surface area contributed by atoms with Gasteiger partial charge >= 0.3 is 0 Å². The van der Waals surface area contributed by atoms with Crippen molar-refractivity contribution in [2.75, 3.05) is 0 Å². The number of rotatable bonds is 2. The van der Waals surface area contributed by atoms with Crippen molar-refractivity contribution in [1.29, 1.82) is 0 Å². The topological polar surface area (TPSA) is 0 Å². The van der Waals surface area contributed by atoms with Gasteiger partial charge in [-0.2, -0.15) is 0 Å². The van der Waals surface area contributed by atoms with E-state index in [0.717, 1.165) is 0 Å². The molecule has 0 amide bonds. The molecule has 0 nitrogen and oxygen atoms in total. The smallest absolute Gasteiger partial charge is 0.0131 e. The maximum Gasteiger partial charge on any atom is 0.0131 e. The minimum Gasteiger partial charge on any atom is -0.147 e. The van der Waals surface area contributed by atoms with Crippen LogP contribution in [0.25, 0.3) is 16.7 Å². The van der Waals surface area contributed by atoms with Crippen molar-refractivity contribution in [3.8, 4) is 11.1 Å². The van der Waals surface area contributed by atoms with E-state index in [1.54, 1.807) is 0 Å². The predicted octanol–water partition coefficient (Wildman–Crippen LogP) is 4.99. The van der Waals surface area contributed by atoms with Crippen LogP contribution in [0.4, 0.5) is 0 Å². The summed E-state index contributed by atoms with van der Waals surface area (Å²) >= 11 is 0. The van der Waals surface area contributed by atoms with Gasteiger partial charge in [-0.15, -0.1) is 12.4 Å². The van der Waals surface area contributed by atoms with E-state index in [9.17, 15) is 0 Å². The average Bonchev–Trinajstić information content (AvgIpc) is 3.17. The molecule has 2 aromatic rings. The number of halogens is 1. The van der Waals surface area contributed by atoms with E-state index in [4.69, 9.17) is 0 Å². The van der Waals surface area contributed by atoms with Gasteiger partial charge in [-0.1, -0.05) is 54.1 Å². The second kappa shape index (κ2) is 4.99. The fraction of sp³-hybridized carbons (Fsp3) is 0.118. The fourth-order valence-corrected chi connectivity index (χ4v) is 2.12. The van der Waals surface area contributed by atoms with Gasteiger partial charge in [0.05, 0.1) is 0 Å². The second-order valence-corrected chi connectivity index (χ2v) is 4.68. The normalized spacial score (nSPS) is 12.7. The number of allylic oxidation sites excluding steroid dienone is 2. The van der Waals surface area contributed by atoms with Crippen LogP contribution in [0, 0.1) is 20.3 Å². The first-order valence-corrected chi connectivity index (χ1v) is 5.97. The molecule has 1 aliphatic rings. The van der Waals surface area contributed by atoms with Crippen LogP contribution in [-0.4, -0.2) is 0 Å². The third kappa shape index (κ3) is 2.49. The van der Waals surface area contributed by atoms with Crippen LogP contribution in [0.5, 0.6) is 0 Å². The molecule has 1 heteroatoms. The lowest BCUT2D eigenvalue weighted by Crippen LogP contribution is -1.85. The van der Waals surface area contributed by atoms with Gasteiger partial charge in [0, 0.05) is 6.42 Å². The lowest BCUT2D eigenvalue weighted by atomic mass is 9.97. The SMILES string of the molecule is Cc1ccc(C)c(-c2ccc(C3=C[CH]3)cc2)c1.Cl. The van der Waals surface area contributed by atoms with Gasteiger partial charge in [-0.05, 0) is 41.7 Å². The zero-order valence-corrected chi connectivity index (χ0v) is 11.4. The molecule has 1 radical (unpaired) electrons. The Bertz CT molecular complexity index is 592. The Morgan fingerprint density at radius 2 is 1.39 bits per heavy atom. The summed E-state index contributed by atoms with van der Waals surface area (Å²) in [5, 5.41) is 0. The highest BCUT2D eigenvalue weighted by atomic mass is 35.5. The van der Waals surface area contributed by atoms with Crippen molar-refractivity contribution >= 4 is 18.0 Å². The van der Waals surface area contributed by atoms with Crippen LogP contribution in [0.1, 0.15) is 16.7 Å². The maximum absolute atomic E-state index is 2.26. The van der Waals surface area contributed by atoms with E-state index in [1.165, 1.54) is 33.4 Å². The highest BCUT2D eigenvalue weighted by molar-refractivity contribution is 5.87. The third-order valence-corrected chi connectivity index (χ3v) is 3.26. The molecule has 0 fully saturated rings. The lowest BCUT2D eigenvalue weighted by Gasteiger charge is -2.08. The van der Waals surface area contributed by atoms with Crippen molar-refractivity contribution in [2.24, 2.45) is 0 Å². The number of hydrogen-bond donors (Lipinski definition) is 0. The second-order valence-electron chi connectivity index (χ2n) is 4.68. The Morgan fingerprint density at radius 1 is 0.778 bits per heavy atom. The van der Waals surface area contributed by atoms with Gasteiger partial charge in [-0.25, -0.2) is 0 Å². The predicted molar refractivity (Wildman–Crippen MR) is 80.9 cm³/mol. The summed E-state index contributed by atoms with van der Waals surface area (Å²) in [6.07, 6.45) is 4.29. The summed E-state index contributed by atoms with van der Waals surface area (Å²) in [6, 6.07) is 15.4. The summed E-state index contributed by atoms with van der Waals surface area (Å²) < 4.78 is 0. The molecule has 0 bridgehead atoms. The van der Waals surface area contributed by atoms with Crippen LogP contribution in [0.15, 0.2) is 48.5 Å². The van der Waals surface area contributed by atoms with Gasteiger partial charge in [0.1, 0.15) is 0 Å². The van der Waals surface area contributed by atoms with Crippen molar-refractivity contribution < 1.29 is 0 Å². The average molecular weight is 256 g/mol. The standard InChI is InChI=1S/C17H15.ClH/c1-12-3-4-13(2)17(11-12)16-9-7-15(8-10-16)14-5-6-14;/h3-11H,1-2H3;1H. The molecule has 0 spiro atoms. The van der Waals surface area contributed by atoms with Gasteiger partial charge in [0.25, 0.3) is 0 Å². The molecule has 0 heterocycles. The fourth-order valence-electron chi connectivity index (χ4n) is 2.12. The highest BCUT2D eigenvalue weighted by Crippen LogP contribution is 2.31. The molecule has 2 aromatic carbocycles. The van der Waals surface area contributed by atoms with Crippen LogP contribution < -0.4 is 0 Å². The van der Waals surface area contributed by atoms with Gasteiger partial charge < -0.3 is 0 Å². The van der Waals surface area contributed by atoms with E-state index < -0.39 is 0 Å². The Morgan fingerprint density at radius 3 is 2.00 bits per heavy atom. The van der Waals surface area contributed by atoms with Gasteiger partial charge in [-0.3, -0.25) is 0 Å². The molecule has 0 saturated heterocycles. The molecule has 1 aliphatic carbocycles. The van der Waals surface area contributed by atoms with Gasteiger partial charge in [0.2, 0.25) is 0 Å². The minimum atomic E-state index is 0. The molecular formula is C17H16Cl. The molecule has 0 aliphatic heterocycles. The quantitative estimate of drug-likeness (QED) is 0.709. The monoisotopic (exact) mass is 255 g/mol. The van der Waals surface area contributed by atoms with Crippen molar-refractivity contribution in [3.05, 3.63) is 71.7 Å². The molecule has 0 saturated carbocycles. The highest BCUT2D eigenvalue weighted by Gasteiger charge is 2.10. The maximum atomic E-state index is 2.26. The summed E-state index contributed by atoms with van der Waals surface area (Å²) in [7, 11) is 0. The molecule has 3 rings (SSSR count). The van der Waals surface area contributed by atoms with Crippen LogP contribution in [0.2, 0.25) is 0 Å². The van der Waals surface area contributed by atoms with Crippen molar-refractivity contribution in [2.45, 2.75) is 13.8 Å². The Hall–Kier alpha value is -1.53. The number of benzene rings is 2. The van der Waals surface area contributed by atoms with Crippen molar-refractivity contribution in [1.82, 2.24) is 0 Å². The summed E-state index contributed by atoms with van der Waals surface area (Å²) in [5.74, 6) is 0. The van der Waals surface area contributed by atoms with Gasteiger partial charge in [0.15, 0.2) is 0 Å². The largest absolute Gasteiger partial charge is 0.147 e. The van der Waals surface area contributed by atoms with Crippen LogP contribution >= 0.6 is 12.4 Å². The molecular weight excluding hydrogens is 240 g/mol. The molecule has 0 N–H and O–H groups in total. The van der Waals surface area contributed by atoms with Crippen molar-refractivity contribution in [3.63, 3.8) is 0 Å². The first-order chi connectivity index (χ1) is 8.24. The Kier molecular flexibility index (Phi) is 3.58. The van der Waals surface area contributed by atoms with E-state index in [-0.39, 0.29) is 12.4 Å². The minimum absolute atomic E-state index is 0. The van der Waals surface area contributed by atoms with Crippen LogP contribution in [-0.2, 0) is 0 Å². The number of hydrogen-bond acceptors (Lipinski definition) is 0.